The van der Waals surface area contributed by atoms with Crippen LogP contribution >= 0.6 is 0 Å². The van der Waals surface area contributed by atoms with Crippen molar-refractivity contribution in [3.63, 3.8) is 0 Å². The summed E-state index contributed by atoms with van der Waals surface area (Å²) in [7, 11) is 1.37. The first-order valence-corrected chi connectivity index (χ1v) is 6.49. The van der Waals surface area contributed by atoms with Gasteiger partial charge in [-0.2, -0.15) is 0 Å². The van der Waals surface area contributed by atoms with Crippen molar-refractivity contribution in [1.82, 2.24) is 4.98 Å². The van der Waals surface area contributed by atoms with Crippen LogP contribution in [0.15, 0.2) is 22.6 Å². The fourth-order valence-electron chi connectivity index (χ4n) is 1.97. The van der Waals surface area contributed by atoms with Gasteiger partial charge in [-0.15, -0.1) is 0 Å². The molecule has 0 aliphatic heterocycles. The maximum atomic E-state index is 13.7. The number of hydrogen-bond donors (Lipinski definition) is 1. The van der Waals surface area contributed by atoms with Crippen LogP contribution in [0, 0.1) is 11.7 Å². The minimum absolute atomic E-state index is 0.0876. The van der Waals surface area contributed by atoms with E-state index in [-0.39, 0.29) is 23.3 Å². The molecule has 1 aromatic carbocycles. The highest BCUT2D eigenvalue weighted by Gasteiger charge is 2.21. The van der Waals surface area contributed by atoms with E-state index in [1.54, 1.807) is 6.07 Å². The van der Waals surface area contributed by atoms with Gasteiger partial charge < -0.3 is 14.3 Å². The number of hydrogen-bond acceptors (Lipinski definition) is 4. The van der Waals surface area contributed by atoms with Crippen molar-refractivity contribution in [3.05, 3.63) is 35.5 Å². The Balaban J connectivity index is 2.44. The Morgan fingerprint density at radius 3 is 2.71 bits per heavy atom. The summed E-state index contributed by atoms with van der Waals surface area (Å²) in [6, 6.07) is 4.21. The third-order valence-electron chi connectivity index (χ3n) is 2.89. The second-order valence-corrected chi connectivity index (χ2v) is 5.05. The van der Waals surface area contributed by atoms with Crippen molar-refractivity contribution in [3.8, 4) is 17.2 Å². The Hall–Kier alpha value is -2.37. The molecule has 112 valence electrons. The SMILES string of the molecule is COc1ccc(-c2nc(CC(C)C)c(C(=O)O)o2)cc1F. The molecule has 0 atom stereocenters. The largest absolute Gasteiger partial charge is 0.494 e. The molecule has 1 N–H and O–H groups in total. The molecule has 0 saturated carbocycles. The molecule has 0 amide bonds. The van der Waals surface area contributed by atoms with Crippen LogP contribution in [-0.2, 0) is 6.42 Å². The van der Waals surface area contributed by atoms with Crippen LogP contribution in [0.3, 0.4) is 0 Å². The van der Waals surface area contributed by atoms with Gasteiger partial charge in [0.1, 0.15) is 0 Å². The third-order valence-corrected chi connectivity index (χ3v) is 2.89. The summed E-state index contributed by atoms with van der Waals surface area (Å²) in [6.45, 7) is 3.90. The second-order valence-electron chi connectivity index (χ2n) is 5.05. The Morgan fingerprint density at radius 2 is 2.19 bits per heavy atom. The lowest BCUT2D eigenvalue weighted by Crippen LogP contribution is -2.03. The quantitative estimate of drug-likeness (QED) is 0.914. The molecule has 5 nitrogen and oxygen atoms in total. The molecule has 21 heavy (non-hydrogen) atoms. The third kappa shape index (κ3) is 3.21. The van der Waals surface area contributed by atoms with Crippen molar-refractivity contribution in [2.24, 2.45) is 5.92 Å². The lowest BCUT2D eigenvalue weighted by molar-refractivity contribution is 0.0661. The first kappa shape index (κ1) is 15.0. The number of benzene rings is 1. The lowest BCUT2D eigenvalue weighted by atomic mass is 10.1. The molecule has 1 aromatic heterocycles. The number of carboxylic acid groups (broad SMARTS) is 1. The van der Waals surface area contributed by atoms with E-state index in [9.17, 15) is 9.18 Å². The van der Waals surface area contributed by atoms with Gasteiger partial charge in [-0.25, -0.2) is 14.2 Å². The molecule has 0 saturated heterocycles. The number of aromatic nitrogens is 1. The van der Waals surface area contributed by atoms with E-state index >= 15 is 0 Å². The van der Waals surface area contributed by atoms with Gasteiger partial charge in [-0.05, 0) is 30.5 Å². The van der Waals surface area contributed by atoms with Crippen LogP contribution in [0.1, 0.15) is 30.1 Å². The van der Waals surface area contributed by atoms with Gasteiger partial charge in [-0.1, -0.05) is 13.8 Å². The zero-order valence-corrected chi connectivity index (χ0v) is 12.0. The zero-order chi connectivity index (χ0) is 15.6. The molecule has 1 heterocycles. The topological polar surface area (TPSA) is 72.6 Å². The summed E-state index contributed by atoms with van der Waals surface area (Å²) in [5.41, 5.74) is 0.731. The highest BCUT2D eigenvalue weighted by molar-refractivity contribution is 5.86. The Labute approximate surface area is 121 Å². The fraction of sp³-hybridized carbons (Fsp3) is 0.333. The van der Waals surface area contributed by atoms with Crippen molar-refractivity contribution < 1.29 is 23.4 Å². The van der Waals surface area contributed by atoms with Crippen molar-refractivity contribution in [1.29, 1.82) is 0 Å². The molecule has 0 fully saturated rings. The van der Waals surface area contributed by atoms with Gasteiger partial charge in [0.05, 0.1) is 12.8 Å². The van der Waals surface area contributed by atoms with Crippen LogP contribution in [0.25, 0.3) is 11.5 Å². The number of carboxylic acids is 1. The molecular formula is C15H16FNO4. The molecule has 0 unspecified atom stereocenters. The maximum Gasteiger partial charge on any atom is 0.373 e. The van der Waals surface area contributed by atoms with Gasteiger partial charge in [0, 0.05) is 5.56 Å². The molecule has 0 radical (unpaired) electrons. The molecule has 0 bridgehead atoms. The van der Waals surface area contributed by atoms with E-state index in [4.69, 9.17) is 14.3 Å². The normalized spacial score (nSPS) is 10.9. The second kappa shape index (κ2) is 5.95. The average Bonchev–Trinajstić information content (AvgIpc) is 2.81. The number of halogens is 1. The molecule has 2 rings (SSSR count). The van der Waals surface area contributed by atoms with Crippen LogP contribution < -0.4 is 4.74 Å². The van der Waals surface area contributed by atoms with Crippen LogP contribution in [0.4, 0.5) is 4.39 Å². The molecule has 0 spiro atoms. The zero-order valence-electron chi connectivity index (χ0n) is 12.0. The first-order valence-electron chi connectivity index (χ1n) is 6.49. The predicted molar refractivity (Wildman–Crippen MR) is 74.0 cm³/mol. The summed E-state index contributed by atoms with van der Waals surface area (Å²) in [5.74, 6) is -1.52. The summed E-state index contributed by atoms with van der Waals surface area (Å²) < 4.78 is 23.8. The first-order chi connectivity index (χ1) is 9.92. The fourth-order valence-corrected chi connectivity index (χ4v) is 1.97. The van der Waals surface area contributed by atoms with Crippen molar-refractivity contribution in [2.45, 2.75) is 20.3 Å². The predicted octanol–water partition coefficient (Wildman–Crippen LogP) is 3.39. The average molecular weight is 293 g/mol. The summed E-state index contributed by atoms with van der Waals surface area (Å²) >= 11 is 0. The number of carbonyl (C=O) groups is 1. The van der Waals surface area contributed by atoms with Crippen LogP contribution in [-0.4, -0.2) is 23.2 Å². The lowest BCUT2D eigenvalue weighted by Gasteiger charge is -2.02. The summed E-state index contributed by atoms with van der Waals surface area (Å²) in [5, 5.41) is 9.15. The standard InChI is InChI=1S/C15H16FNO4/c1-8(2)6-11-13(15(18)19)21-14(17-11)9-4-5-12(20-3)10(16)7-9/h4-5,7-8H,6H2,1-3H3,(H,18,19). The van der Waals surface area contributed by atoms with E-state index < -0.39 is 11.8 Å². The van der Waals surface area contributed by atoms with E-state index in [1.165, 1.54) is 19.2 Å². The number of oxazole rings is 1. The smallest absolute Gasteiger partial charge is 0.373 e. The van der Waals surface area contributed by atoms with E-state index in [0.717, 1.165) is 0 Å². The minimum Gasteiger partial charge on any atom is -0.494 e. The Bertz CT molecular complexity index is 664. The van der Waals surface area contributed by atoms with Crippen LogP contribution in [0.5, 0.6) is 5.75 Å². The van der Waals surface area contributed by atoms with Crippen molar-refractivity contribution in [2.75, 3.05) is 7.11 Å². The number of rotatable bonds is 5. The number of aromatic carboxylic acids is 1. The van der Waals surface area contributed by atoms with Gasteiger partial charge in [0.2, 0.25) is 11.7 Å². The van der Waals surface area contributed by atoms with Gasteiger partial charge in [-0.3, -0.25) is 0 Å². The summed E-state index contributed by atoms with van der Waals surface area (Å²) in [6.07, 6.45) is 0.476. The molecule has 6 heteroatoms. The Morgan fingerprint density at radius 1 is 1.48 bits per heavy atom. The molecular weight excluding hydrogens is 277 g/mol. The maximum absolute atomic E-state index is 13.7. The Kier molecular flexibility index (Phi) is 4.26. The van der Waals surface area contributed by atoms with E-state index in [2.05, 4.69) is 4.98 Å². The molecule has 0 aliphatic rings. The van der Waals surface area contributed by atoms with Gasteiger partial charge >= 0.3 is 5.97 Å². The number of methoxy groups -OCH3 is 1. The minimum atomic E-state index is -1.18. The number of nitrogens with zero attached hydrogens (tertiary/aromatic N) is 1. The van der Waals surface area contributed by atoms with Crippen molar-refractivity contribution >= 4 is 5.97 Å². The van der Waals surface area contributed by atoms with Gasteiger partial charge in [0.25, 0.3) is 0 Å². The monoisotopic (exact) mass is 293 g/mol. The molecule has 0 aliphatic carbocycles. The van der Waals surface area contributed by atoms with E-state index in [1.807, 2.05) is 13.8 Å². The highest BCUT2D eigenvalue weighted by atomic mass is 19.1. The summed E-state index contributed by atoms with van der Waals surface area (Å²) in [4.78, 5) is 15.4. The van der Waals surface area contributed by atoms with E-state index in [0.29, 0.717) is 17.7 Å². The highest BCUT2D eigenvalue weighted by Crippen LogP contribution is 2.27. The van der Waals surface area contributed by atoms with Gasteiger partial charge in [0.15, 0.2) is 11.6 Å². The number of ether oxygens (including phenoxy) is 1. The van der Waals surface area contributed by atoms with Crippen LogP contribution in [0.2, 0.25) is 0 Å². The molecule has 2 aromatic rings.